The lowest BCUT2D eigenvalue weighted by atomic mass is 9.88. The molecule has 2 aromatic rings. The van der Waals surface area contributed by atoms with Gasteiger partial charge in [0.25, 0.3) is 0 Å². The number of ether oxygens (including phenoxy) is 1. The van der Waals surface area contributed by atoms with Crippen LogP contribution in [0, 0.1) is 0 Å². The zero-order valence-corrected chi connectivity index (χ0v) is 17.0. The van der Waals surface area contributed by atoms with Crippen molar-refractivity contribution in [1.82, 2.24) is 20.2 Å². The van der Waals surface area contributed by atoms with Gasteiger partial charge in [-0.3, -0.25) is 15.0 Å². The second-order valence-electron chi connectivity index (χ2n) is 9.19. The number of aromatic nitrogens is 2. The highest BCUT2D eigenvalue weighted by Crippen LogP contribution is 2.47. The minimum Gasteiger partial charge on any atom is -0.373 e. The number of hydrogen-bond acceptors (Lipinski definition) is 5. The summed E-state index contributed by atoms with van der Waals surface area (Å²) in [5.41, 5.74) is 3.07. The number of nitrogens with one attached hydrogen (secondary N) is 2. The number of rotatable bonds is 3. The first-order chi connectivity index (χ1) is 14.6. The van der Waals surface area contributed by atoms with Crippen molar-refractivity contribution in [2.75, 3.05) is 31.1 Å². The lowest BCUT2D eigenvalue weighted by molar-refractivity contribution is -0.120. The number of imide groups is 1. The molecule has 8 nitrogen and oxygen atoms in total. The van der Waals surface area contributed by atoms with Gasteiger partial charge < -0.3 is 14.6 Å². The van der Waals surface area contributed by atoms with Crippen LogP contribution in [0.2, 0.25) is 0 Å². The fraction of sp³-hybridized carbons (Fsp3) is 0.591. The van der Waals surface area contributed by atoms with E-state index in [9.17, 15) is 9.59 Å². The highest BCUT2D eigenvalue weighted by atomic mass is 16.5. The van der Waals surface area contributed by atoms with Crippen molar-refractivity contribution < 1.29 is 14.3 Å². The standard InChI is InChI=1S/C22H27N5O3/c28-19-3-8-26(21(29)25-19)15-9-17-18(14-1-2-14)12-27(20(17)24-11-15)16-10-22(30-13-16)4-6-23-7-5-22/h9,11-12,14,16,23H,1-8,10,13H2,(H,25,28,29)/t16-/m1/s1. The van der Waals surface area contributed by atoms with Crippen LogP contribution in [0.25, 0.3) is 11.0 Å². The molecule has 5 heterocycles. The van der Waals surface area contributed by atoms with Gasteiger partial charge >= 0.3 is 6.03 Å². The van der Waals surface area contributed by atoms with Gasteiger partial charge in [0.2, 0.25) is 5.91 Å². The number of amides is 3. The van der Waals surface area contributed by atoms with Gasteiger partial charge in [0.15, 0.2) is 0 Å². The minimum atomic E-state index is -0.364. The fourth-order valence-electron chi connectivity index (χ4n) is 5.33. The molecular formula is C22H27N5O3. The van der Waals surface area contributed by atoms with Crippen molar-refractivity contribution >= 4 is 28.7 Å². The quantitative estimate of drug-likeness (QED) is 0.813. The van der Waals surface area contributed by atoms with Crippen LogP contribution in [-0.2, 0) is 9.53 Å². The van der Waals surface area contributed by atoms with Crippen LogP contribution < -0.4 is 15.5 Å². The van der Waals surface area contributed by atoms with E-state index in [0.29, 0.717) is 24.9 Å². The van der Waals surface area contributed by atoms with Gasteiger partial charge in [-0.05, 0) is 62.7 Å². The molecule has 1 spiro atoms. The third kappa shape index (κ3) is 3.01. The number of carbonyl (C=O) groups excluding carboxylic acids is 2. The molecule has 3 saturated heterocycles. The minimum absolute atomic E-state index is 0.00459. The number of fused-ring (bicyclic) bond motifs is 1. The Kier molecular flexibility index (Phi) is 4.14. The summed E-state index contributed by atoms with van der Waals surface area (Å²) < 4.78 is 8.67. The highest BCUT2D eigenvalue weighted by Gasteiger charge is 2.42. The van der Waals surface area contributed by atoms with Gasteiger partial charge in [0, 0.05) is 24.5 Å². The Morgan fingerprint density at radius 1 is 1.20 bits per heavy atom. The predicted molar refractivity (Wildman–Crippen MR) is 112 cm³/mol. The van der Waals surface area contributed by atoms with Crippen LogP contribution in [-0.4, -0.2) is 53.3 Å². The Labute approximate surface area is 174 Å². The zero-order chi connectivity index (χ0) is 20.3. The monoisotopic (exact) mass is 409 g/mol. The van der Waals surface area contributed by atoms with Crippen molar-refractivity contribution in [3.8, 4) is 0 Å². The molecule has 1 aliphatic carbocycles. The van der Waals surface area contributed by atoms with Gasteiger partial charge in [-0.2, -0.15) is 0 Å². The number of carbonyl (C=O) groups is 2. The lowest BCUT2D eigenvalue weighted by Crippen LogP contribution is -2.49. The van der Waals surface area contributed by atoms with Gasteiger partial charge in [0.1, 0.15) is 5.65 Å². The molecule has 3 aliphatic heterocycles. The summed E-state index contributed by atoms with van der Waals surface area (Å²) in [6, 6.07) is 2.02. The summed E-state index contributed by atoms with van der Waals surface area (Å²) >= 11 is 0. The molecule has 3 amide bonds. The van der Waals surface area contributed by atoms with Crippen molar-refractivity contribution in [2.24, 2.45) is 0 Å². The number of nitrogens with zero attached hydrogens (tertiary/aromatic N) is 3. The molecule has 0 bridgehead atoms. The van der Waals surface area contributed by atoms with Crippen LogP contribution in [0.1, 0.15) is 56.0 Å². The van der Waals surface area contributed by atoms with Crippen LogP contribution in [0.4, 0.5) is 10.5 Å². The van der Waals surface area contributed by atoms with Crippen molar-refractivity contribution in [3.63, 3.8) is 0 Å². The van der Waals surface area contributed by atoms with Crippen LogP contribution in [0.15, 0.2) is 18.5 Å². The number of pyridine rings is 1. The zero-order valence-electron chi connectivity index (χ0n) is 17.0. The second kappa shape index (κ2) is 6.78. The van der Waals surface area contributed by atoms with E-state index in [1.807, 2.05) is 0 Å². The van der Waals surface area contributed by atoms with E-state index in [4.69, 9.17) is 9.72 Å². The molecule has 6 rings (SSSR count). The van der Waals surface area contributed by atoms with E-state index in [0.717, 1.165) is 55.7 Å². The van der Waals surface area contributed by atoms with E-state index >= 15 is 0 Å². The van der Waals surface area contributed by atoms with Crippen molar-refractivity contribution in [1.29, 1.82) is 0 Å². The predicted octanol–water partition coefficient (Wildman–Crippen LogP) is 2.44. The van der Waals surface area contributed by atoms with Crippen molar-refractivity contribution in [3.05, 3.63) is 24.0 Å². The maximum absolute atomic E-state index is 12.3. The normalized spacial score (nSPS) is 26.5. The molecule has 2 aromatic heterocycles. The molecule has 158 valence electrons. The average molecular weight is 409 g/mol. The molecule has 30 heavy (non-hydrogen) atoms. The highest BCUT2D eigenvalue weighted by molar-refractivity contribution is 6.06. The Bertz CT molecular complexity index is 1020. The third-order valence-electron chi connectivity index (χ3n) is 7.17. The first-order valence-electron chi connectivity index (χ1n) is 11.1. The molecule has 4 aliphatic rings. The van der Waals surface area contributed by atoms with Gasteiger partial charge in [-0.15, -0.1) is 0 Å². The summed E-state index contributed by atoms with van der Waals surface area (Å²) in [5.74, 6) is 0.362. The summed E-state index contributed by atoms with van der Waals surface area (Å²) in [6.07, 6.45) is 9.95. The molecule has 2 N–H and O–H groups in total. The van der Waals surface area contributed by atoms with E-state index in [2.05, 4.69) is 27.5 Å². The Morgan fingerprint density at radius 2 is 2.03 bits per heavy atom. The molecule has 0 aromatic carbocycles. The maximum atomic E-state index is 12.3. The van der Waals surface area contributed by atoms with Crippen LogP contribution in [0.5, 0.6) is 0 Å². The molecule has 0 radical (unpaired) electrons. The fourth-order valence-corrected chi connectivity index (χ4v) is 5.33. The SMILES string of the molecule is O=C1CCN(c2cnc3c(c2)c(C2CC2)cn3[C@H]2COC3(CCNCC3)C2)C(=O)N1. The van der Waals surface area contributed by atoms with E-state index < -0.39 is 0 Å². The van der Waals surface area contributed by atoms with Crippen molar-refractivity contribution in [2.45, 2.75) is 56.1 Å². The first-order valence-corrected chi connectivity index (χ1v) is 11.1. The maximum Gasteiger partial charge on any atom is 0.328 e. The molecular weight excluding hydrogens is 382 g/mol. The largest absolute Gasteiger partial charge is 0.373 e. The summed E-state index contributed by atoms with van der Waals surface area (Å²) in [4.78, 5) is 30.2. The molecule has 4 fully saturated rings. The molecule has 1 saturated carbocycles. The van der Waals surface area contributed by atoms with E-state index in [1.165, 1.54) is 18.4 Å². The molecule has 1 atom stereocenters. The van der Waals surface area contributed by atoms with Gasteiger partial charge in [-0.25, -0.2) is 9.78 Å². The van der Waals surface area contributed by atoms with E-state index in [1.54, 1.807) is 11.1 Å². The number of anilines is 1. The summed E-state index contributed by atoms with van der Waals surface area (Å²) in [5, 5.41) is 6.97. The van der Waals surface area contributed by atoms with Crippen LogP contribution >= 0.6 is 0 Å². The topological polar surface area (TPSA) is 88.5 Å². The second-order valence-corrected chi connectivity index (χ2v) is 9.19. The summed E-state index contributed by atoms with van der Waals surface area (Å²) in [6.45, 7) is 3.17. The third-order valence-corrected chi connectivity index (χ3v) is 7.17. The Morgan fingerprint density at radius 3 is 2.80 bits per heavy atom. The number of piperidine rings is 1. The van der Waals surface area contributed by atoms with Crippen LogP contribution in [0.3, 0.4) is 0 Å². The molecule has 0 unspecified atom stereocenters. The smallest absolute Gasteiger partial charge is 0.328 e. The van der Waals surface area contributed by atoms with E-state index in [-0.39, 0.29) is 17.5 Å². The molecule has 8 heteroatoms. The number of urea groups is 1. The average Bonchev–Trinajstić information content (AvgIpc) is 3.41. The summed E-state index contributed by atoms with van der Waals surface area (Å²) in [7, 11) is 0. The van der Waals surface area contributed by atoms with Gasteiger partial charge in [0.05, 0.1) is 30.1 Å². The Balaban J connectivity index is 1.35. The Hall–Kier alpha value is -2.45. The van der Waals surface area contributed by atoms with Gasteiger partial charge in [-0.1, -0.05) is 0 Å². The lowest BCUT2D eigenvalue weighted by Gasteiger charge is -2.32. The number of hydrogen-bond donors (Lipinski definition) is 2. The first kappa shape index (κ1) is 18.3.